The van der Waals surface area contributed by atoms with Crippen LogP contribution in [0.3, 0.4) is 0 Å². The number of aryl methyl sites for hydroxylation is 1. The summed E-state index contributed by atoms with van der Waals surface area (Å²) in [6, 6.07) is 0. The molecule has 7 heteroatoms. The highest BCUT2D eigenvalue weighted by Gasteiger charge is 2.15. The second kappa shape index (κ2) is 4.40. The molecule has 0 amide bonds. The predicted octanol–water partition coefficient (Wildman–Crippen LogP) is 0.859. The molecule has 2 aromatic rings. The quantitative estimate of drug-likeness (QED) is 0.857. The SMILES string of the molecule is CCc1nnc(-c2nc[nH]c(=O)c2OC)s1. The molecule has 0 aliphatic heterocycles. The van der Waals surface area contributed by atoms with E-state index in [0.717, 1.165) is 11.4 Å². The summed E-state index contributed by atoms with van der Waals surface area (Å²) in [7, 11) is 1.43. The molecular weight excluding hydrogens is 228 g/mol. The smallest absolute Gasteiger partial charge is 0.293 e. The number of ether oxygens (including phenoxy) is 1. The third-order valence-corrected chi connectivity index (χ3v) is 3.06. The Hall–Kier alpha value is -1.76. The molecule has 0 aromatic carbocycles. The molecule has 0 spiro atoms. The van der Waals surface area contributed by atoms with Crippen molar-refractivity contribution in [1.29, 1.82) is 0 Å². The van der Waals surface area contributed by atoms with Crippen LogP contribution in [0.25, 0.3) is 10.7 Å². The first kappa shape index (κ1) is 10.7. The Morgan fingerprint density at radius 1 is 1.50 bits per heavy atom. The van der Waals surface area contributed by atoms with E-state index >= 15 is 0 Å². The molecule has 0 saturated heterocycles. The zero-order valence-corrected chi connectivity index (χ0v) is 9.67. The van der Waals surface area contributed by atoms with Crippen molar-refractivity contribution in [3.05, 3.63) is 21.7 Å². The number of hydrogen-bond donors (Lipinski definition) is 1. The highest BCUT2D eigenvalue weighted by molar-refractivity contribution is 7.14. The third-order valence-electron chi connectivity index (χ3n) is 1.99. The second-order valence-electron chi connectivity index (χ2n) is 2.97. The maximum absolute atomic E-state index is 11.5. The lowest BCUT2D eigenvalue weighted by Crippen LogP contribution is -2.11. The minimum Gasteiger partial charge on any atom is -0.489 e. The Labute approximate surface area is 95.3 Å². The largest absolute Gasteiger partial charge is 0.489 e. The van der Waals surface area contributed by atoms with Gasteiger partial charge in [0.15, 0.2) is 10.7 Å². The van der Waals surface area contributed by atoms with E-state index in [1.54, 1.807) is 0 Å². The molecule has 16 heavy (non-hydrogen) atoms. The van der Waals surface area contributed by atoms with Crippen LogP contribution in [0.1, 0.15) is 11.9 Å². The van der Waals surface area contributed by atoms with Crippen LogP contribution in [0.15, 0.2) is 11.1 Å². The number of methoxy groups -OCH3 is 1. The van der Waals surface area contributed by atoms with Crippen molar-refractivity contribution in [3.8, 4) is 16.5 Å². The molecule has 0 fully saturated rings. The van der Waals surface area contributed by atoms with E-state index in [9.17, 15) is 4.79 Å². The lowest BCUT2D eigenvalue weighted by atomic mass is 10.4. The lowest BCUT2D eigenvalue weighted by Gasteiger charge is -2.01. The summed E-state index contributed by atoms with van der Waals surface area (Å²) in [5, 5.41) is 9.46. The van der Waals surface area contributed by atoms with Gasteiger partial charge in [-0.25, -0.2) is 4.98 Å². The van der Waals surface area contributed by atoms with Gasteiger partial charge >= 0.3 is 0 Å². The molecule has 2 heterocycles. The van der Waals surface area contributed by atoms with Crippen molar-refractivity contribution in [1.82, 2.24) is 20.2 Å². The Morgan fingerprint density at radius 3 is 2.94 bits per heavy atom. The van der Waals surface area contributed by atoms with Gasteiger partial charge in [0.05, 0.1) is 13.4 Å². The van der Waals surface area contributed by atoms with Crippen LogP contribution in [0.4, 0.5) is 0 Å². The van der Waals surface area contributed by atoms with E-state index in [2.05, 4.69) is 20.2 Å². The van der Waals surface area contributed by atoms with Gasteiger partial charge in [-0.1, -0.05) is 18.3 Å². The summed E-state index contributed by atoms with van der Waals surface area (Å²) in [6.45, 7) is 1.99. The first-order chi connectivity index (χ1) is 7.76. The van der Waals surface area contributed by atoms with Gasteiger partial charge in [0.25, 0.3) is 5.56 Å². The molecule has 1 N–H and O–H groups in total. The van der Waals surface area contributed by atoms with Crippen molar-refractivity contribution in [3.63, 3.8) is 0 Å². The van der Waals surface area contributed by atoms with E-state index in [1.165, 1.54) is 24.8 Å². The van der Waals surface area contributed by atoms with Gasteiger partial charge in [0.2, 0.25) is 5.75 Å². The number of nitrogens with one attached hydrogen (secondary N) is 1. The Balaban J connectivity index is 2.55. The fraction of sp³-hybridized carbons (Fsp3) is 0.333. The van der Waals surface area contributed by atoms with Gasteiger partial charge in [0.1, 0.15) is 5.01 Å². The maximum atomic E-state index is 11.5. The highest BCUT2D eigenvalue weighted by Crippen LogP contribution is 2.26. The molecule has 0 aliphatic carbocycles. The van der Waals surface area contributed by atoms with Crippen LogP contribution < -0.4 is 10.3 Å². The maximum Gasteiger partial charge on any atom is 0.293 e. The normalized spacial score (nSPS) is 10.4. The monoisotopic (exact) mass is 238 g/mol. The average Bonchev–Trinajstić information content (AvgIpc) is 2.77. The molecule has 0 aliphatic rings. The summed E-state index contributed by atoms with van der Waals surface area (Å²) < 4.78 is 5.01. The summed E-state index contributed by atoms with van der Waals surface area (Å²) in [4.78, 5) is 18.0. The number of rotatable bonds is 3. The number of nitrogens with zero attached hydrogens (tertiary/aromatic N) is 3. The van der Waals surface area contributed by atoms with E-state index in [4.69, 9.17) is 4.74 Å². The molecule has 6 nitrogen and oxygen atoms in total. The van der Waals surface area contributed by atoms with E-state index < -0.39 is 0 Å². The molecule has 2 aromatic heterocycles. The van der Waals surface area contributed by atoms with Crippen LogP contribution in [0.5, 0.6) is 5.75 Å². The number of hydrogen-bond acceptors (Lipinski definition) is 6. The molecule has 0 saturated carbocycles. The first-order valence-electron chi connectivity index (χ1n) is 4.70. The first-order valence-corrected chi connectivity index (χ1v) is 5.52. The van der Waals surface area contributed by atoms with E-state index in [1.807, 2.05) is 6.92 Å². The molecule has 0 radical (unpaired) electrons. The fourth-order valence-electron chi connectivity index (χ4n) is 1.22. The topological polar surface area (TPSA) is 80.8 Å². The Morgan fingerprint density at radius 2 is 2.31 bits per heavy atom. The van der Waals surface area contributed by atoms with Gasteiger partial charge in [-0.3, -0.25) is 4.79 Å². The van der Waals surface area contributed by atoms with Crippen LogP contribution in [0, 0.1) is 0 Å². The van der Waals surface area contributed by atoms with Crippen LogP contribution in [-0.2, 0) is 6.42 Å². The second-order valence-corrected chi connectivity index (χ2v) is 4.03. The number of aromatic nitrogens is 4. The zero-order chi connectivity index (χ0) is 11.5. The molecule has 0 atom stereocenters. The van der Waals surface area contributed by atoms with Crippen LogP contribution in [0.2, 0.25) is 0 Å². The summed E-state index contributed by atoms with van der Waals surface area (Å²) in [6.07, 6.45) is 2.14. The van der Waals surface area contributed by atoms with Gasteiger partial charge in [-0.15, -0.1) is 10.2 Å². The Kier molecular flexibility index (Phi) is 2.95. The average molecular weight is 238 g/mol. The predicted molar refractivity (Wildman–Crippen MR) is 59.7 cm³/mol. The van der Waals surface area contributed by atoms with Crippen LogP contribution >= 0.6 is 11.3 Å². The molecule has 2 rings (SSSR count). The number of aromatic amines is 1. The zero-order valence-electron chi connectivity index (χ0n) is 8.85. The van der Waals surface area contributed by atoms with Crippen molar-refractivity contribution in [2.75, 3.05) is 7.11 Å². The van der Waals surface area contributed by atoms with Gasteiger partial charge in [0, 0.05) is 0 Å². The minimum absolute atomic E-state index is 0.168. The van der Waals surface area contributed by atoms with E-state index in [-0.39, 0.29) is 11.3 Å². The third kappa shape index (κ3) is 1.81. The molecule has 0 unspecified atom stereocenters. The van der Waals surface area contributed by atoms with Crippen molar-refractivity contribution >= 4 is 11.3 Å². The van der Waals surface area contributed by atoms with E-state index in [0.29, 0.717) is 10.7 Å². The van der Waals surface area contributed by atoms with Crippen molar-refractivity contribution in [2.24, 2.45) is 0 Å². The molecule has 84 valence electrons. The number of H-pyrrole nitrogens is 1. The Bertz CT molecular complexity index is 548. The summed E-state index contributed by atoms with van der Waals surface area (Å²) in [5.41, 5.74) is 0.115. The fourth-order valence-corrected chi connectivity index (χ4v) is 1.99. The molecule has 0 bridgehead atoms. The highest BCUT2D eigenvalue weighted by atomic mass is 32.1. The lowest BCUT2D eigenvalue weighted by molar-refractivity contribution is 0.408. The van der Waals surface area contributed by atoms with Gasteiger partial charge in [-0.05, 0) is 6.42 Å². The standard InChI is InChI=1S/C9H10N4O2S/c1-3-5-12-13-9(16-5)6-7(15-2)8(14)11-4-10-6/h4H,3H2,1-2H3,(H,10,11,14). The van der Waals surface area contributed by atoms with Gasteiger partial charge in [-0.2, -0.15) is 0 Å². The van der Waals surface area contributed by atoms with Gasteiger partial charge < -0.3 is 9.72 Å². The minimum atomic E-state index is -0.319. The summed E-state index contributed by atoms with van der Waals surface area (Å²) >= 11 is 1.41. The van der Waals surface area contributed by atoms with Crippen molar-refractivity contribution in [2.45, 2.75) is 13.3 Å². The van der Waals surface area contributed by atoms with Crippen LogP contribution in [-0.4, -0.2) is 27.3 Å². The molecular formula is C9H10N4O2S. The van der Waals surface area contributed by atoms with Crippen molar-refractivity contribution < 1.29 is 4.74 Å². The summed E-state index contributed by atoms with van der Waals surface area (Å²) in [5.74, 6) is 0.168.